The molecule has 100 valence electrons. The molecule has 1 unspecified atom stereocenters. The van der Waals surface area contributed by atoms with Gasteiger partial charge in [-0.25, -0.2) is 9.18 Å². The van der Waals surface area contributed by atoms with Crippen LogP contribution in [0.4, 0.5) is 4.39 Å². The lowest BCUT2D eigenvalue weighted by Gasteiger charge is -2.20. The summed E-state index contributed by atoms with van der Waals surface area (Å²) in [6, 6.07) is 2.88. The van der Waals surface area contributed by atoms with E-state index in [1.807, 2.05) is 32.9 Å². The number of rotatable bonds is 4. The van der Waals surface area contributed by atoms with Crippen LogP contribution in [0.2, 0.25) is 0 Å². The second-order valence-electron chi connectivity index (χ2n) is 4.49. The summed E-state index contributed by atoms with van der Waals surface area (Å²) in [6.45, 7) is 7.49. The van der Waals surface area contributed by atoms with Crippen molar-refractivity contribution in [1.82, 2.24) is 0 Å². The van der Waals surface area contributed by atoms with Gasteiger partial charge in [-0.05, 0) is 44.4 Å². The van der Waals surface area contributed by atoms with Gasteiger partial charge >= 0.3 is 5.97 Å². The van der Waals surface area contributed by atoms with Crippen molar-refractivity contribution in [2.45, 2.75) is 39.9 Å². The number of aryl methyl sites for hydroxylation is 3. The molecule has 1 aromatic carbocycles. The summed E-state index contributed by atoms with van der Waals surface area (Å²) in [6.07, 6.45) is -1.83. The lowest BCUT2D eigenvalue weighted by molar-refractivity contribution is -0.149. The molecule has 0 amide bonds. The molecule has 0 radical (unpaired) electrons. The van der Waals surface area contributed by atoms with Gasteiger partial charge in [-0.3, -0.25) is 0 Å². The standard InChI is InChI=1S/C14H20FNO2/c1-5-18-14(17)12(15)13(16)11-9(3)6-8(2)7-10(11)4/h6-7,12-13H,5,16H2,1-4H3/t12?,13-/m1/s1. The van der Waals surface area contributed by atoms with E-state index in [0.717, 1.165) is 16.7 Å². The summed E-state index contributed by atoms with van der Waals surface area (Å²) in [5, 5.41) is 0. The molecular weight excluding hydrogens is 233 g/mol. The van der Waals surface area contributed by atoms with Gasteiger partial charge in [0.1, 0.15) is 0 Å². The zero-order valence-electron chi connectivity index (χ0n) is 11.3. The molecule has 0 aromatic heterocycles. The molecule has 2 N–H and O–H groups in total. The van der Waals surface area contributed by atoms with Gasteiger partial charge in [0.25, 0.3) is 0 Å². The van der Waals surface area contributed by atoms with Crippen molar-refractivity contribution in [3.63, 3.8) is 0 Å². The highest BCUT2D eigenvalue weighted by Crippen LogP contribution is 2.26. The number of nitrogens with two attached hydrogens (primary N) is 1. The molecule has 0 aliphatic heterocycles. The molecular formula is C14H20FNO2. The third-order valence-corrected chi connectivity index (χ3v) is 2.90. The van der Waals surface area contributed by atoms with E-state index in [4.69, 9.17) is 5.73 Å². The fraction of sp³-hybridized carbons (Fsp3) is 0.500. The van der Waals surface area contributed by atoms with E-state index >= 15 is 0 Å². The second-order valence-corrected chi connectivity index (χ2v) is 4.49. The van der Waals surface area contributed by atoms with Crippen LogP contribution in [0.25, 0.3) is 0 Å². The minimum absolute atomic E-state index is 0.151. The summed E-state index contributed by atoms with van der Waals surface area (Å²) in [5.41, 5.74) is 9.41. The van der Waals surface area contributed by atoms with Crippen LogP contribution in [0, 0.1) is 20.8 Å². The Kier molecular flexibility index (Phi) is 4.84. The zero-order chi connectivity index (χ0) is 13.9. The third-order valence-electron chi connectivity index (χ3n) is 2.90. The number of hydrogen-bond donors (Lipinski definition) is 1. The van der Waals surface area contributed by atoms with Gasteiger partial charge in [-0.15, -0.1) is 0 Å². The Labute approximate surface area is 107 Å². The van der Waals surface area contributed by atoms with Gasteiger partial charge in [0.05, 0.1) is 12.6 Å². The van der Waals surface area contributed by atoms with Crippen LogP contribution in [-0.4, -0.2) is 18.7 Å². The van der Waals surface area contributed by atoms with Crippen LogP contribution < -0.4 is 5.73 Å². The Bertz CT molecular complexity index is 422. The van der Waals surface area contributed by atoms with Crippen molar-refractivity contribution in [3.8, 4) is 0 Å². The first-order valence-electron chi connectivity index (χ1n) is 6.02. The first-order valence-corrected chi connectivity index (χ1v) is 6.02. The summed E-state index contributed by atoms with van der Waals surface area (Å²) >= 11 is 0. The lowest BCUT2D eigenvalue weighted by atomic mass is 9.92. The molecule has 0 bridgehead atoms. The fourth-order valence-electron chi connectivity index (χ4n) is 2.23. The van der Waals surface area contributed by atoms with Crippen LogP contribution in [0.15, 0.2) is 12.1 Å². The molecule has 0 aliphatic carbocycles. The Balaban J connectivity index is 3.03. The maximum absolute atomic E-state index is 13.9. The highest BCUT2D eigenvalue weighted by atomic mass is 19.1. The van der Waals surface area contributed by atoms with Crippen LogP contribution >= 0.6 is 0 Å². The average Bonchev–Trinajstić information content (AvgIpc) is 2.26. The van der Waals surface area contributed by atoms with Crippen LogP contribution in [0.3, 0.4) is 0 Å². The normalized spacial score (nSPS) is 14.1. The van der Waals surface area contributed by atoms with E-state index in [9.17, 15) is 9.18 Å². The van der Waals surface area contributed by atoms with Crippen molar-refractivity contribution < 1.29 is 13.9 Å². The number of benzene rings is 1. The van der Waals surface area contributed by atoms with Crippen molar-refractivity contribution in [1.29, 1.82) is 0 Å². The molecule has 4 heteroatoms. The van der Waals surface area contributed by atoms with Crippen LogP contribution in [0.5, 0.6) is 0 Å². The summed E-state index contributed by atoms with van der Waals surface area (Å²) in [5.74, 6) is -0.899. The average molecular weight is 253 g/mol. The largest absolute Gasteiger partial charge is 0.464 e. The molecule has 1 aromatic rings. The zero-order valence-corrected chi connectivity index (χ0v) is 11.3. The molecule has 18 heavy (non-hydrogen) atoms. The van der Waals surface area contributed by atoms with Gasteiger partial charge in [0, 0.05) is 0 Å². The van der Waals surface area contributed by atoms with Crippen LogP contribution in [0.1, 0.15) is 35.2 Å². The van der Waals surface area contributed by atoms with E-state index in [0.29, 0.717) is 5.56 Å². The van der Waals surface area contributed by atoms with E-state index in [1.165, 1.54) is 0 Å². The fourth-order valence-corrected chi connectivity index (χ4v) is 2.23. The Morgan fingerprint density at radius 2 is 1.83 bits per heavy atom. The van der Waals surface area contributed by atoms with Gasteiger partial charge in [-0.1, -0.05) is 17.7 Å². The van der Waals surface area contributed by atoms with E-state index in [-0.39, 0.29) is 6.61 Å². The van der Waals surface area contributed by atoms with E-state index < -0.39 is 18.2 Å². The minimum atomic E-state index is -1.83. The van der Waals surface area contributed by atoms with Crippen molar-refractivity contribution in [3.05, 3.63) is 34.4 Å². The molecule has 1 rings (SSSR count). The van der Waals surface area contributed by atoms with Crippen molar-refractivity contribution in [2.75, 3.05) is 6.61 Å². The first-order chi connectivity index (χ1) is 8.38. The van der Waals surface area contributed by atoms with Crippen molar-refractivity contribution in [2.24, 2.45) is 5.73 Å². The monoisotopic (exact) mass is 253 g/mol. The maximum atomic E-state index is 13.9. The number of carbonyl (C=O) groups excluding carboxylic acids is 1. The Morgan fingerprint density at radius 1 is 1.33 bits per heavy atom. The number of carbonyl (C=O) groups is 1. The predicted octanol–water partition coefficient (Wildman–Crippen LogP) is 2.51. The number of alkyl halides is 1. The summed E-state index contributed by atoms with van der Waals surface area (Å²) in [7, 11) is 0. The van der Waals surface area contributed by atoms with Gasteiger partial charge in [0.2, 0.25) is 6.17 Å². The summed E-state index contributed by atoms with van der Waals surface area (Å²) in [4.78, 5) is 11.4. The predicted molar refractivity (Wildman–Crippen MR) is 69.1 cm³/mol. The molecule has 2 atom stereocenters. The molecule has 3 nitrogen and oxygen atoms in total. The maximum Gasteiger partial charge on any atom is 0.342 e. The van der Waals surface area contributed by atoms with Gasteiger partial charge in [0.15, 0.2) is 0 Å². The first kappa shape index (κ1) is 14.6. The van der Waals surface area contributed by atoms with Crippen molar-refractivity contribution >= 4 is 5.97 Å². The number of esters is 1. The minimum Gasteiger partial charge on any atom is -0.464 e. The van der Waals surface area contributed by atoms with E-state index in [2.05, 4.69) is 4.74 Å². The quantitative estimate of drug-likeness (QED) is 0.839. The molecule has 0 aliphatic rings. The van der Waals surface area contributed by atoms with E-state index in [1.54, 1.807) is 6.92 Å². The molecule has 0 heterocycles. The molecule has 0 saturated carbocycles. The molecule has 0 fully saturated rings. The lowest BCUT2D eigenvalue weighted by Crippen LogP contribution is -2.32. The molecule has 0 spiro atoms. The Morgan fingerprint density at radius 3 is 2.28 bits per heavy atom. The smallest absolute Gasteiger partial charge is 0.342 e. The summed E-state index contributed by atoms with van der Waals surface area (Å²) < 4.78 is 18.6. The topological polar surface area (TPSA) is 52.3 Å². The van der Waals surface area contributed by atoms with Gasteiger partial charge < -0.3 is 10.5 Å². The number of hydrogen-bond acceptors (Lipinski definition) is 3. The molecule has 0 saturated heterocycles. The van der Waals surface area contributed by atoms with Gasteiger partial charge in [-0.2, -0.15) is 0 Å². The third kappa shape index (κ3) is 3.07. The van der Waals surface area contributed by atoms with Crippen LogP contribution in [-0.2, 0) is 9.53 Å². The Hall–Kier alpha value is -1.42. The number of halogens is 1. The second kappa shape index (κ2) is 5.96. The highest BCUT2D eigenvalue weighted by Gasteiger charge is 2.29. The number of ether oxygens (including phenoxy) is 1. The highest BCUT2D eigenvalue weighted by molar-refractivity contribution is 5.76. The SMILES string of the molecule is CCOC(=O)C(F)[C@H](N)c1c(C)cc(C)cc1C.